The predicted octanol–water partition coefficient (Wildman–Crippen LogP) is 2.83. The fourth-order valence-electron chi connectivity index (χ4n) is 3.48. The molecule has 7 heteroatoms. The SMILES string of the molecule is N#Cc1ccn2c3c(nc2c1)C[C@H](c1cc(F)c(F)cc1F)[C@@H](N)C3. The molecule has 1 aliphatic carbocycles. The minimum absolute atomic E-state index is 0.0619. The summed E-state index contributed by atoms with van der Waals surface area (Å²) in [5.41, 5.74) is 9.00. The van der Waals surface area contributed by atoms with Gasteiger partial charge in [-0.2, -0.15) is 5.26 Å². The molecule has 2 N–H and O–H groups in total. The van der Waals surface area contributed by atoms with E-state index < -0.39 is 29.4 Å². The van der Waals surface area contributed by atoms with Crippen LogP contribution in [0.25, 0.3) is 5.65 Å². The molecule has 4 nitrogen and oxygen atoms in total. The van der Waals surface area contributed by atoms with E-state index in [0.29, 0.717) is 30.1 Å². The van der Waals surface area contributed by atoms with E-state index in [-0.39, 0.29) is 5.56 Å². The van der Waals surface area contributed by atoms with Crippen molar-refractivity contribution in [1.29, 1.82) is 5.26 Å². The molecule has 0 spiro atoms. The number of nitrogens with zero attached hydrogens (tertiary/aromatic N) is 3. The molecule has 126 valence electrons. The van der Waals surface area contributed by atoms with Crippen molar-refractivity contribution >= 4 is 5.65 Å². The maximum absolute atomic E-state index is 14.1. The minimum atomic E-state index is -1.22. The average molecular weight is 342 g/mol. The van der Waals surface area contributed by atoms with Crippen LogP contribution in [-0.2, 0) is 12.8 Å². The van der Waals surface area contributed by atoms with Gasteiger partial charge in [0.15, 0.2) is 11.6 Å². The Morgan fingerprint density at radius 3 is 2.64 bits per heavy atom. The number of hydrogen-bond donors (Lipinski definition) is 1. The van der Waals surface area contributed by atoms with Crippen molar-refractivity contribution in [2.75, 3.05) is 0 Å². The third kappa shape index (κ3) is 2.46. The zero-order valence-corrected chi connectivity index (χ0v) is 13.0. The number of aromatic nitrogens is 2. The molecule has 3 aromatic rings. The van der Waals surface area contributed by atoms with Gasteiger partial charge < -0.3 is 10.1 Å². The van der Waals surface area contributed by atoms with E-state index in [1.807, 2.05) is 4.40 Å². The number of hydrogen-bond acceptors (Lipinski definition) is 3. The predicted molar refractivity (Wildman–Crippen MR) is 84.3 cm³/mol. The number of halogens is 3. The molecule has 0 aliphatic heterocycles. The van der Waals surface area contributed by atoms with Crippen LogP contribution in [0.3, 0.4) is 0 Å². The average Bonchev–Trinajstić information content (AvgIpc) is 2.94. The van der Waals surface area contributed by atoms with Gasteiger partial charge in [0.25, 0.3) is 0 Å². The molecule has 0 unspecified atom stereocenters. The Kier molecular flexibility index (Phi) is 3.51. The first-order valence-corrected chi connectivity index (χ1v) is 7.78. The maximum Gasteiger partial charge on any atom is 0.161 e. The number of fused-ring (bicyclic) bond motifs is 3. The number of benzene rings is 1. The van der Waals surface area contributed by atoms with Gasteiger partial charge in [-0.15, -0.1) is 0 Å². The van der Waals surface area contributed by atoms with E-state index in [4.69, 9.17) is 11.0 Å². The highest BCUT2D eigenvalue weighted by atomic mass is 19.2. The van der Waals surface area contributed by atoms with Gasteiger partial charge in [0, 0.05) is 36.3 Å². The van der Waals surface area contributed by atoms with E-state index in [1.54, 1.807) is 18.3 Å². The second kappa shape index (κ2) is 5.60. The zero-order valence-electron chi connectivity index (χ0n) is 13.0. The molecule has 25 heavy (non-hydrogen) atoms. The summed E-state index contributed by atoms with van der Waals surface area (Å²) < 4.78 is 42.7. The molecular weight excluding hydrogens is 329 g/mol. The van der Waals surface area contributed by atoms with Crippen LogP contribution in [0.15, 0.2) is 30.5 Å². The fourth-order valence-corrected chi connectivity index (χ4v) is 3.48. The largest absolute Gasteiger partial charge is 0.327 e. The first-order chi connectivity index (χ1) is 12.0. The fraction of sp³-hybridized carbons (Fsp3) is 0.222. The van der Waals surface area contributed by atoms with Crippen molar-refractivity contribution < 1.29 is 13.2 Å². The maximum atomic E-state index is 14.1. The van der Waals surface area contributed by atoms with Crippen LogP contribution in [0.2, 0.25) is 0 Å². The lowest BCUT2D eigenvalue weighted by Crippen LogP contribution is -2.37. The molecule has 0 amide bonds. The van der Waals surface area contributed by atoms with Gasteiger partial charge >= 0.3 is 0 Å². The Morgan fingerprint density at radius 1 is 1.12 bits per heavy atom. The lowest BCUT2D eigenvalue weighted by atomic mass is 9.80. The molecule has 2 heterocycles. The molecule has 0 saturated carbocycles. The number of rotatable bonds is 1. The van der Waals surface area contributed by atoms with Crippen LogP contribution in [0.5, 0.6) is 0 Å². The van der Waals surface area contributed by atoms with Gasteiger partial charge in [-0.1, -0.05) is 0 Å². The van der Waals surface area contributed by atoms with E-state index in [9.17, 15) is 13.2 Å². The molecular formula is C18H13F3N4. The zero-order chi connectivity index (χ0) is 17.7. The monoisotopic (exact) mass is 342 g/mol. The Hall–Kier alpha value is -2.85. The van der Waals surface area contributed by atoms with Crippen LogP contribution in [0, 0.1) is 28.8 Å². The van der Waals surface area contributed by atoms with E-state index >= 15 is 0 Å². The summed E-state index contributed by atoms with van der Waals surface area (Å²) in [4.78, 5) is 4.51. The smallest absolute Gasteiger partial charge is 0.161 e. The van der Waals surface area contributed by atoms with E-state index in [0.717, 1.165) is 17.5 Å². The van der Waals surface area contributed by atoms with Crippen LogP contribution >= 0.6 is 0 Å². The molecule has 0 radical (unpaired) electrons. The molecule has 2 aromatic heterocycles. The highest BCUT2D eigenvalue weighted by molar-refractivity contribution is 5.50. The molecule has 0 saturated heterocycles. The summed E-state index contributed by atoms with van der Waals surface area (Å²) in [5.74, 6) is -3.62. The molecule has 1 aliphatic rings. The minimum Gasteiger partial charge on any atom is -0.327 e. The van der Waals surface area contributed by atoms with Gasteiger partial charge in [0.2, 0.25) is 0 Å². The van der Waals surface area contributed by atoms with Crippen molar-refractivity contribution in [1.82, 2.24) is 9.38 Å². The number of nitriles is 1. The second-order valence-electron chi connectivity index (χ2n) is 6.23. The van der Waals surface area contributed by atoms with Crippen LogP contribution in [-0.4, -0.2) is 15.4 Å². The molecule has 4 rings (SSSR count). The first-order valence-electron chi connectivity index (χ1n) is 7.78. The third-order valence-corrected chi connectivity index (χ3v) is 4.74. The lowest BCUT2D eigenvalue weighted by molar-refractivity contribution is 0.446. The van der Waals surface area contributed by atoms with Crippen molar-refractivity contribution in [3.05, 3.63) is 70.4 Å². The quantitative estimate of drug-likeness (QED) is 0.692. The highest BCUT2D eigenvalue weighted by Gasteiger charge is 2.32. The summed E-state index contributed by atoms with van der Waals surface area (Å²) in [6, 6.07) is 6.38. The topological polar surface area (TPSA) is 67.1 Å². The molecule has 2 atom stereocenters. The number of nitrogens with two attached hydrogens (primary N) is 1. The van der Waals surface area contributed by atoms with Gasteiger partial charge in [-0.25, -0.2) is 18.2 Å². The summed E-state index contributed by atoms with van der Waals surface area (Å²) in [7, 11) is 0. The molecule has 1 aromatic carbocycles. The van der Waals surface area contributed by atoms with Crippen molar-refractivity contribution in [3.8, 4) is 6.07 Å². The summed E-state index contributed by atoms with van der Waals surface area (Å²) in [5, 5.41) is 9.00. The Bertz CT molecular complexity index is 1030. The Labute approximate surface area is 141 Å². The molecule has 0 bridgehead atoms. The summed E-state index contributed by atoms with van der Waals surface area (Å²) in [6.45, 7) is 0. The van der Waals surface area contributed by atoms with Crippen LogP contribution in [0.4, 0.5) is 13.2 Å². The second-order valence-corrected chi connectivity index (χ2v) is 6.23. The Balaban J connectivity index is 1.79. The Morgan fingerprint density at radius 2 is 1.88 bits per heavy atom. The first kappa shape index (κ1) is 15.7. The van der Waals surface area contributed by atoms with Crippen LogP contribution in [0.1, 0.15) is 28.4 Å². The summed E-state index contributed by atoms with van der Waals surface area (Å²) in [6.07, 6.45) is 2.50. The normalized spacial score (nSPS) is 19.6. The van der Waals surface area contributed by atoms with E-state index in [2.05, 4.69) is 11.1 Å². The summed E-state index contributed by atoms with van der Waals surface area (Å²) >= 11 is 0. The number of imidazole rings is 1. The van der Waals surface area contributed by atoms with Gasteiger partial charge in [0.05, 0.1) is 17.3 Å². The standard InChI is InChI=1S/C18H13F3N4/c19-12-6-14(21)13(20)4-10(12)11-5-16-17(7-15(11)23)25-2-1-9(8-22)3-18(25)24-16/h1-4,6,11,15H,5,7,23H2/t11-,15+/m1/s1. The van der Waals surface area contributed by atoms with Gasteiger partial charge in [0.1, 0.15) is 11.5 Å². The molecule has 0 fully saturated rings. The van der Waals surface area contributed by atoms with E-state index in [1.165, 1.54) is 0 Å². The highest BCUT2D eigenvalue weighted by Crippen LogP contribution is 2.34. The van der Waals surface area contributed by atoms with Crippen molar-refractivity contribution in [2.45, 2.75) is 24.8 Å². The van der Waals surface area contributed by atoms with Gasteiger partial charge in [-0.3, -0.25) is 0 Å². The number of pyridine rings is 1. The van der Waals surface area contributed by atoms with Gasteiger partial charge in [-0.05, 0) is 30.2 Å². The third-order valence-electron chi connectivity index (χ3n) is 4.74. The van der Waals surface area contributed by atoms with Crippen LogP contribution < -0.4 is 5.73 Å². The van der Waals surface area contributed by atoms with Crippen molar-refractivity contribution in [3.63, 3.8) is 0 Å². The van der Waals surface area contributed by atoms with Crippen molar-refractivity contribution in [2.24, 2.45) is 5.73 Å². The lowest BCUT2D eigenvalue weighted by Gasteiger charge is -2.29.